The van der Waals surface area contributed by atoms with E-state index in [9.17, 15) is 9.59 Å². The predicted molar refractivity (Wildman–Crippen MR) is 67.9 cm³/mol. The first-order valence-corrected chi connectivity index (χ1v) is 6.69. The summed E-state index contributed by atoms with van der Waals surface area (Å²) in [7, 11) is 0. The van der Waals surface area contributed by atoms with Crippen molar-refractivity contribution < 1.29 is 24.3 Å². The molecule has 0 aromatic heterocycles. The number of ether oxygens (including phenoxy) is 2. The summed E-state index contributed by atoms with van der Waals surface area (Å²) in [6.07, 6.45) is 3.01. The van der Waals surface area contributed by atoms with Crippen molar-refractivity contribution in [3.63, 3.8) is 0 Å². The van der Waals surface area contributed by atoms with Gasteiger partial charge in [0, 0.05) is 5.92 Å². The molecule has 1 aliphatic rings. The standard InChI is InChI=1S/C13H21NO5/c1-3-18-12(15)11(13(16)19-4-2)9-7-5-6-8-10(9)14-17/h9,11,17H,3-8H2,1-2H3/b14-10+. The summed E-state index contributed by atoms with van der Waals surface area (Å²) in [4.78, 5) is 23.9. The molecule has 0 amide bonds. The van der Waals surface area contributed by atoms with Gasteiger partial charge in [-0.05, 0) is 33.1 Å². The van der Waals surface area contributed by atoms with E-state index >= 15 is 0 Å². The van der Waals surface area contributed by atoms with Crippen LogP contribution in [-0.4, -0.2) is 36.1 Å². The van der Waals surface area contributed by atoms with Gasteiger partial charge in [0.1, 0.15) is 0 Å². The zero-order valence-corrected chi connectivity index (χ0v) is 11.4. The summed E-state index contributed by atoms with van der Waals surface area (Å²) in [5.74, 6) is -2.65. The second kappa shape index (κ2) is 7.76. The van der Waals surface area contributed by atoms with Gasteiger partial charge in [0.15, 0.2) is 5.92 Å². The van der Waals surface area contributed by atoms with Crippen LogP contribution in [0.2, 0.25) is 0 Å². The molecule has 108 valence electrons. The van der Waals surface area contributed by atoms with Gasteiger partial charge in [-0.3, -0.25) is 9.59 Å². The molecule has 0 aliphatic heterocycles. The molecule has 1 saturated carbocycles. The summed E-state index contributed by atoms with van der Waals surface area (Å²) in [5.41, 5.74) is 0.484. The maximum atomic E-state index is 12.0. The highest BCUT2D eigenvalue weighted by Gasteiger charge is 2.41. The van der Waals surface area contributed by atoms with Crippen molar-refractivity contribution in [2.24, 2.45) is 17.0 Å². The minimum absolute atomic E-state index is 0.201. The van der Waals surface area contributed by atoms with Crippen LogP contribution >= 0.6 is 0 Å². The quantitative estimate of drug-likeness (QED) is 0.356. The van der Waals surface area contributed by atoms with E-state index in [0.717, 1.165) is 12.8 Å². The highest BCUT2D eigenvalue weighted by Crippen LogP contribution is 2.30. The Morgan fingerprint density at radius 3 is 2.32 bits per heavy atom. The SMILES string of the molecule is CCOC(=O)C(C(=O)OCC)C1CCCC/C1=N\O. The molecular weight excluding hydrogens is 250 g/mol. The molecule has 0 aromatic carbocycles. The van der Waals surface area contributed by atoms with E-state index in [1.807, 2.05) is 0 Å². The molecule has 1 fully saturated rings. The van der Waals surface area contributed by atoms with Crippen molar-refractivity contribution in [1.82, 2.24) is 0 Å². The summed E-state index contributed by atoms with van der Waals surface area (Å²) in [5, 5.41) is 12.3. The van der Waals surface area contributed by atoms with E-state index in [2.05, 4.69) is 5.16 Å². The summed E-state index contributed by atoms with van der Waals surface area (Å²) in [6.45, 7) is 3.77. The predicted octanol–water partition coefficient (Wildman–Crippen LogP) is 1.75. The smallest absolute Gasteiger partial charge is 0.321 e. The third-order valence-corrected chi connectivity index (χ3v) is 3.24. The lowest BCUT2D eigenvalue weighted by atomic mass is 9.78. The molecule has 0 spiro atoms. The Labute approximate surface area is 112 Å². The Morgan fingerprint density at radius 2 is 1.84 bits per heavy atom. The van der Waals surface area contributed by atoms with Gasteiger partial charge < -0.3 is 14.7 Å². The Bertz CT molecular complexity index is 335. The molecule has 1 unspecified atom stereocenters. The Hall–Kier alpha value is -1.59. The number of carbonyl (C=O) groups excluding carboxylic acids is 2. The molecule has 0 bridgehead atoms. The average Bonchev–Trinajstić information content (AvgIpc) is 2.40. The number of rotatable bonds is 5. The zero-order chi connectivity index (χ0) is 14.3. The van der Waals surface area contributed by atoms with Gasteiger partial charge in [-0.25, -0.2) is 0 Å². The second-order valence-corrected chi connectivity index (χ2v) is 4.43. The van der Waals surface area contributed by atoms with Crippen LogP contribution in [0.3, 0.4) is 0 Å². The number of hydrogen-bond acceptors (Lipinski definition) is 6. The fourth-order valence-electron chi connectivity index (χ4n) is 2.39. The lowest BCUT2D eigenvalue weighted by molar-refractivity contribution is -0.163. The first-order valence-electron chi connectivity index (χ1n) is 6.69. The topological polar surface area (TPSA) is 85.2 Å². The highest BCUT2D eigenvalue weighted by atomic mass is 16.6. The van der Waals surface area contributed by atoms with Crippen molar-refractivity contribution in [2.45, 2.75) is 39.5 Å². The normalized spacial score (nSPS) is 21.4. The van der Waals surface area contributed by atoms with Crippen LogP contribution in [0, 0.1) is 11.8 Å². The average molecular weight is 271 g/mol. The molecule has 1 atom stereocenters. The van der Waals surface area contributed by atoms with E-state index in [4.69, 9.17) is 14.7 Å². The number of esters is 2. The molecule has 1 aliphatic carbocycles. The number of oxime groups is 1. The number of carbonyl (C=O) groups is 2. The van der Waals surface area contributed by atoms with E-state index in [-0.39, 0.29) is 13.2 Å². The molecule has 0 aromatic rings. The van der Waals surface area contributed by atoms with E-state index in [1.54, 1.807) is 13.8 Å². The maximum absolute atomic E-state index is 12.0. The molecule has 1 rings (SSSR count). The van der Waals surface area contributed by atoms with Crippen LogP contribution in [0.25, 0.3) is 0 Å². The lowest BCUT2D eigenvalue weighted by Crippen LogP contribution is -2.39. The molecule has 6 nitrogen and oxygen atoms in total. The van der Waals surface area contributed by atoms with E-state index in [0.29, 0.717) is 18.6 Å². The van der Waals surface area contributed by atoms with Gasteiger partial charge in [0.25, 0.3) is 0 Å². The van der Waals surface area contributed by atoms with Crippen LogP contribution in [0.4, 0.5) is 0 Å². The summed E-state index contributed by atoms with van der Waals surface area (Å²) < 4.78 is 9.88. The van der Waals surface area contributed by atoms with Gasteiger partial charge in [-0.2, -0.15) is 0 Å². The number of hydrogen-bond donors (Lipinski definition) is 1. The highest BCUT2D eigenvalue weighted by molar-refractivity contribution is 6.02. The first kappa shape index (κ1) is 15.5. The molecule has 0 saturated heterocycles. The van der Waals surface area contributed by atoms with Crippen molar-refractivity contribution in [3.8, 4) is 0 Å². The van der Waals surface area contributed by atoms with Gasteiger partial charge in [-0.15, -0.1) is 0 Å². The van der Waals surface area contributed by atoms with Crippen LogP contribution in [0.5, 0.6) is 0 Å². The van der Waals surface area contributed by atoms with Gasteiger partial charge in [0.05, 0.1) is 18.9 Å². The second-order valence-electron chi connectivity index (χ2n) is 4.43. The molecular formula is C13H21NO5. The Kier molecular flexibility index (Phi) is 6.32. The van der Waals surface area contributed by atoms with Crippen LogP contribution in [-0.2, 0) is 19.1 Å². The zero-order valence-electron chi connectivity index (χ0n) is 11.4. The summed E-state index contributed by atoms with van der Waals surface area (Å²) in [6, 6.07) is 0. The Balaban J connectivity index is 2.93. The lowest BCUT2D eigenvalue weighted by Gasteiger charge is -2.27. The van der Waals surface area contributed by atoms with E-state index in [1.165, 1.54) is 0 Å². The molecule has 19 heavy (non-hydrogen) atoms. The van der Waals surface area contributed by atoms with Gasteiger partial charge in [-0.1, -0.05) is 11.6 Å². The molecule has 1 N–H and O–H groups in total. The van der Waals surface area contributed by atoms with Crippen LogP contribution in [0.1, 0.15) is 39.5 Å². The van der Waals surface area contributed by atoms with Crippen molar-refractivity contribution in [2.75, 3.05) is 13.2 Å². The third-order valence-electron chi connectivity index (χ3n) is 3.24. The monoisotopic (exact) mass is 271 g/mol. The largest absolute Gasteiger partial charge is 0.465 e. The minimum atomic E-state index is -1.02. The fraction of sp³-hybridized carbons (Fsp3) is 0.769. The molecule has 0 heterocycles. The van der Waals surface area contributed by atoms with Crippen molar-refractivity contribution >= 4 is 17.7 Å². The van der Waals surface area contributed by atoms with Gasteiger partial charge in [0.2, 0.25) is 0 Å². The fourth-order valence-corrected chi connectivity index (χ4v) is 2.39. The van der Waals surface area contributed by atoms with Crippen LogP contribution in [0.15, 0.2) is 5.16 Å². The molecule has 6 heteroatoms. The minimum Gasteiger partial charge on any atom is -0.465 e. The summed E-state index contributed by atoms with van der Waals surface area (Å²) >= 11 is 0. The van der Waals surface area contributed by atoms with Gasteiger partial charge >= 0.3 is 11.9 Å². The van der Waals surface area contributed by atoms with E-state index < -0.39 is 23.8 Å². The van der Waals surface area contributed by atoms with Crippen molar-refractivity contribution in [3.05, 3.63) is 0 Å². The Morgan fingerprint density at radius 1 is 1.26 bits per heavy atom. The third kappa shape index (κ3) is 3.94. The van der Waals surface area contributed by atoms with Crippen LogP contribution < -0.4 is 0 Å². The number of nitrogens with zero attached hydrogens (tertiary/aromatic N) is 1. The molecule has 0 radical (unpaired) electrons. The maximum Gasteiger partial charge on any atom is 0.321 e. The first-order chi connectivity index (χ1) is 9.15. The van der Waals surface area contributed by atoms with Crippen molar-refractivity contribution in [1.29, 1.82) is 0 Å².